The molecule has 2 atom stereocenters. The first-order chi connectivity index (χ1) is 8.97. The van der Waals surface area contributed by atoms with Crippen molar-refractivity contribution in [3.05, 3.63) is 23.0 Å². The van der Waals surface area contributed by atoms with Crippen molar-refractivity contribution in [1.82, 2.24) is 4.98 Å². The minimum Gasteiger partial charge on any atom is -0.481 e. The molecule has 2 unspecified atom stereocenters. The van der Waals surface area contributed by atoms with Gasteiger partial charge in [0, 0.05) is 5.92 Å². The fraction of sp³-hybridized carbons (Fsp3) is 0.462. The Morgan fingerprint density at radius 3 is 2.68 bits per heavy atom. The van der Waals surface area contributed by atoms with Crippen LogP contribution < -0.4 is 5.32 Å². The van der Waals surface area contributed by atoms with Crippen LogP contribution >= 0.6 is 11.6 Å². The predicted octanol–water partition coefficient (Wildman–Crippen LogP) is 2.48. The summed E-state index contributed by atoms with van der Waals surface area (Å²) in [5.74, 6) is -1.61. The second-order valence-corrected chi connectivity index (χ2v) is 5.22. The van der Waals surface area contributed by atoms with Crippen molar-refractivity contribution >= 4 is 29.2 Å². The number of halogens is 1. The first kappa shape index (κ1) is 13.8. The lowest BCUT2D eigenvalue weighted by atomic mass is 10.0. The number of carbonyl (C=O) groups excluding carboxylic acids is 1. The van der Waals surface area contributed by atoms with Crippen LogP contribution in [0.25, 0.3) is 0 Å². The van der Waals surface area contributed by atoms with Crippen molar-refractivity contribution in [2.45, 2.75) is 26.2 Å². The molecule has 19 heavy (non-hydrogen) atoms. The van der Waals surface area contributed by atoms with Gasteiger partial charge in [-0.3, -0.25) is 9.59 Å². The maximum Gasteiger partial charge on any atom is 0.306 e. The highest BCUT2D eigenvalue weighted by molar-refractivity contribution is 6.30. The molecule has 2 N–H and O–H groups in total. The predicted molar refractivity (Wildman–Crippen MR) is 71.1 cm³/mol. The van der Waals surface area contributed by atoms with Crippen molar-refractivity contribution in [3.8, 4) is 0 Å². The zero-order valence-corrected chi connectivity index (χ0v) is 11.3. The SMILES string of the molecule is Cc1cc(NC(=O)C2CCC(C(=O)O)C2)cnc1Cl. The summed E-state index contributed by atoms with van der Waals surface area (Å²) in [4.78, 5) is 26.8. The second kappa shape index (κ2) is 5.57. The Bertz CT molecular complexity index is 519. The first-order valence-corrected chi connectivity index (χ1v) is 6.51. The zero-order chi connectivity index (χ0) is 14.0. The van der Waals surface area contributed by atoms with Gasteiger partial charge < -0.3 is 10.4 Å². The Morgan fingerprint density at radius 1 is 1.42 bits per heavy atom. The zero-order valence-electron chi connectivity index (χ0n) is 10.5. The molecular weight excluding hydrogens is 268 g/mol. The van der Waals surface area contributed by atoms with E-state index < -0.39 is 11.9 Å². The third-order valence-corrected chi connectivity index (χ3v) is 3.83. The molecule has 1 aliphatic carbocycles. The molecule has 0 bridgehead atoms. The number of carboxylic acid groups (broad SMARTS) is 1. The van der Waals surface area contributed by atoms with Crippen molar-refractivity contribution in [2.75, 3.05) is 5.32 Å². The fourth-order valence-corrected chi connectivity index (χ4v) is 2.42. The van der Waals surface area contributed by atoms with E-state index in [4.69, 9.17) is 16.7 Å². The van der Waals surface area contributed by atoms with Gasteiger partial charge in [0.1, 0.15) is 5.15 Å². The highest BCUT2D eigenvalue weighted by Gasteiger charge is 2.33. The molecule has 1 aliphatic rings. The first-order valence-electron chi connectivity index (χ1n) is 6.13. The number of carboxylic acids is 1. The fourth-order valence-electron chi connectivity index (χ4n) is 2.31. The van der Waals surface area contributed by atoms with Crippen molar-refractivity contribution in [1.29, 1.82) is 0 Å². The second-order valence-electron chi connectivity index (χ2n) is 4.87. The monoisotopic (exact) mass is 282 g/mol. The summed E-state index contributed by atoms with van der Waals surface area (Å²) in [5, 5.41) is 12.1. The van der Waals surface area contributed by atoms with Crippen LogP contribution in [0, 0.1) is 18.8 Å². The molecule has 0 aromatic carbocycles. The number of hydrogen-bond acceptors (Lipinski definition) is 3. The number of nitrogens with zero attached hydrogens (tertiary/aromatic N) is 1. The Hall–Kier alpha value is -1.62. The van der Waals surface area contributed by atoms with Gasteiger partial charge in [-0.2, -0.15) is 0 Å². The van der Waals surface area contributed by atoms with E-state index in [1.54, 1.807) is 13.0 Å². The average molecular weight is 283 g/mol. The smallest absolute Gasteiger partial charge is 0.306 e. The summed E-state index contributed by atoms with van der Waals surface area (Å²) in [6.45, 7) is 1.81. The molecule has 1 aromatic rings. The minimum absolute atomic E-state index is 0.146. The van der Waals surface area contributed by atoms with Gasteiger partial charge in [0.25, 0.3) is 0 Å². The van der Waals surface area contributed by atoms with E-state index in [0.29, 0.717) is 30.1 Å². The number of pyridine rings is 1. The van der Waals surface area contributed by atoms with E-state index >= 15 is 0 Å². The van der Waals surface area contributed by atoms with E-state index in [0.717, 1.165) is 5.56 Å². The summed E-state index contributed by atoms with van der Waals surface area (Å²) in [6.07, 6.45) is 3.08. The van der Waals surface area contributed by atoms with E-state index in [2.05, 4.69) is 10.3 Å². The summed E-state index contributed by atoms with van der Waals surface area (Å²) in [6, 6.07) is 1.75. The normalized spacial score (nSPS) is 22.2. The van der Waals surface area contributed by atoms with Crippen LogP contribution in [0.15, 0.2) is 12.3 Å². The van der Waals surface area contributed by atoms with Crippen LogP contribution in [0.2, 0.25) is 5.15 Å². The number of hydrogen-bond donors (Lipinski definition) is 2. The molecule has 1 heterocycles. The van der Waals surface area contributed by atoms with Crippen LogP contribution in [0.4, 0.5) is 5.69 Å². The van der Waals surface area contributed by atoms with Crippen LogP contribution in [0.5, 0.6) is 0 Å². The Kier molecular flexibility index (Phi) is 4.04. The minimum atomic E-state index is -0.820. The molecule has 0 radical (unpaired) electrons. The Balaban J connectivity index is 1.98. The van der Waals surface area contributed by atoms with Gasteiger partial charge in [-0.05, 0) is 37.8 Å². The molecule has 1 amide bonds. The van der Waals surface area contributed by atoms with E-state index in [9.17, 15) is 9.59 Å². The number of aliphatic carboxylic acids is 1. The summed E-state index contributed by atoms with van der Waals surface area (Å²) in [5.41, 5.74) is 1.37. The number of nitrogens with one attached hydrogen (secondary N) is 1. The molecule has 5 nitrogen and oxygen atoms in total. The molecule has 1 saturated carbocycles. The number of carbonyl (C=O) groups is 2. The van der Waals surface area contributed by atoms with Gasteiger partial charge in [0.2, 0.25) is 5.91 Å². The third-order valence-electron chi connectivity index (χ3n) is 3.43. The highest BCUT2D eigenvalue weighted by Crippen LogP contribution is 2.32. The van der Waals surface area contributed by atoms with Gasteiger partial charge in [-0.15, -0.1) is 0 Å². The lowest BCUT2D eigenvalue weighted by Crippen LogP contribution is -2.21. The molecule has 6 heteroatoms. The molecule has 0 spiro atoms. The van der Waals surface area contributed by atoms with Crippen LogP contribution in [0.3, 0.4) is 0 Å². The van der Waals surface area contributed by atoms with E-state index in [1.165, 1.54) is 6.20 Å². The van der Waals surface area contributed by atoms with Crippen molar-refractivity contribution in [2.24, 2.45) is 11.8 Å². The van der Waals surface area contributed by atoms with Gasteiger partial charge in [-0.25, -0.2) is 4.98 Å². The van der Waals surface area contributed by atoms with Crippen LogP contribution in [-0.2, 0) is 9.59 Å². The molecule has 2 rings (SSSR count). The lowest BCUT2D eigenvalue weighted by molar-refractivity contribution is -0.141. The summed E-state index contributed by atoms with van der Waals surface area (Å²) in [7, 11) is 0. The highest BCUT2D eigenvalue weighted by atomic mass is 35.5. The lowest BCUT2D eigenvalue weighted by Gasteiger charge is -2.11. The van der Waals surface area contributed by atoms with Crippen LogP contribution in [0.1, 0.15) is 24.8 Å². The number of rotatable bonds is 3. The van der Waals surface area contributed by atoms with Crippen LogP contribution in [-0.4, -0.2) is 22.0 Å². The molecule has 0 saturated heterocycles. The third kappa shape index (κ3) is 3.23. The largest absolute Gasteiger partial charge is 0.481 e. The quantitative estimate of drug-likeness (QED) is 0.835. The van der Waals surface area contributed by atoms with Gasteiger partial charge in [-0.1, -0.05) is 11.6 Å². The standard InChI is InChI=1S/C13H15ClN2O3/c1-7-4-10(6-15-11(7)14)16-12(17)8-2-3-9(5-8)13(18)19/h4,6,8-9H,2-3,5H2,1H3,(H,16,17)(H,18,19). The number of aromatic nitrogens is 1. The van der Waals surface area contributed by atoms with Crippen molar-refractivity contribution < 1.29 is 14.7 Å². The Morgan fingerprint density at radius 2 is 2.11 bits per heavy atom. The number of aryl methyl sites for hydroxylation is 1. The molecule has 0 aliphatic heterocycles. The number of amides is 1. The summed E-state index contributed by atoms with van der Waals surface area (Å²) >= 11 is 5.81. The maximum absolute atomic E-state index is 12.0. The van der Waals surface area contributed by atoms with Gasteiger partial charge in [0.15, 0.2) is 0 Å². The molecular formula is C13H15ClN2O3. The number of anilines is 1. The van der Waals surface area contributed by atoms with E-state index in [1.807, 2.05) is 0 Å². The van der Waals surface area contributed by atoms with Crippen molar-refractivity contribution in [3.63, 3.8) is 0 Å². The van der Waals surface area contributed by atoms with E-state index in [-0.39, 0.29) is 11.8 Å². The van der Waals surface area contributed by atoms with Gasteiger partial charge >= 0.3 is 5.97 Å². The summed E-state index contributed by atoms with van der Waals surface area (Å²) < 4.78 is 0. The Labute approximate surface area is 116 Å². The topological polar surface area (TPSA) is 79.3 Å². The molecule has 1 aromatic heterocycles. The molecule has 102 valence electrons. The molecule has 1 fully saturated rings. The maximum atomic E-state index is 12.0. The van der Waals surface area contributed by atoms with Gasteiger partial charge in [0.05, 0.1) is 17.8 Å². The average Bonchev–Trinajstić information content (AvgIpc) is 2.83.